The van der Waals surface area contributed by atoms with Crippen LogP contribution in [0, 0.1) is 11.3 Å². The van der Waals surface area contributed by atoms with Gasteiger partial charge in [-0.25, -0.2) is 4.68 Å². The Balaban J connectivity index is 1.56. The summed E-state index contributed by atoms with van der Waals surface area (Å²) >= 11 is 0. The van der Waals surface area contributed by atoms with Crippen LogP contribution in [0.1, 0.15) is 30.3 Å². The van der Waals surface area contributed by atoms with Gasteiger partial charge in [0.05, 0.1) is 11.4 Å². The van der Waals surface area contributed by atoms with Gasteiger partial charge in [0, 0.05) is 37.9 Å². The molecule has 8 nitrogen and oxygen atoms in total. The van der Waals surface area contributed by atoms with Gasteiger partial charge in [0.25, 0.3) is 0 Å². The molecule has 0 spiro atoms. The number of nitrogens with one attached hydrogen (secondary N) is 2. The van der Waals surface area contributed by atoms with E-state index in [0.717, 1.165) is 43.3 Å². The molecule has 0 atom stereocenters. The second-order valence-corrected chi connectivity index (χ2v) is 6.93. The normalized spacial score (nSPS) is 11.2. The first kappa shape index (κ1) is 21.8. The first-order chi connectivity index (χ1) is 15.2. The van der Waals surface area contributed by atoms with Crippen molar-refractivity contribution in [3.05, 3.63) is 71.7 Å². The van der Waals surface area contributed by atoms with Crippen molar-refractivity contribution in [3.63, 3.8) is 0 Å². The quantitative estimate of drug-likeness (QED) is 0.280. The van der Waals surface area contributed by atoms with Crippen LogP contribution in [0.2, 0.25) is 0 Å². The third kappa shape index (κ3) is 6.06. The van der Waals surface area contributed by atoms with E-state index in [1.807, 2.05) is 55.5 Å². The monoisotopic (exact) mass is 416 g/mol. The molecule has 0 saturated heterocycles. The maximum absolute atomic E-state index is 9.53. The number of aryl methyl sites for hydroxylation is 1. The Morgan fingerprint density at radius 1 is 1.13 bits per heavy atom. The van der Waals surface area contributed by atoms with Crippen LogP contribution >= 0.6 is 0 Å². The molecule has 4 N–H and O–H groups in total. The van der Waals surface area contributed by atoms with Crippen LogP contribution in [-0.2, 0) is 12.8 Å². The van der Waals surface area contributed by atoms with E-state index in [-0.39, 0.29) is 0 Å². The molecule has 0 amide bonds. The fourth-order valence-corrected chi connectivity index (χ4v) is 3.18. The van der Waals surface area contributed by atoms with Gasteiger partial charge in [-0.3, -0.25) is 9.98 Å². The number of nitriles is 1. The fraction of sp³-hybridized carbons (Fsp3) is 0.304. The van der Waals surface area contributed by atoms with Gasteiger partial charge >= 0.3 is 0 Å². The second-order valence-electron chi connectivity index (χ2n) is 6.93. The summed E-state index contributed by atoms with van der Waals surface area (Å²) in [5.41, 5.74) is 9.19. The molecule has 0 unspecified atom stereocenters. The average Bonchev–Trinajstić information content (AvgIpc) is 3.13. The summed E-state index contributed by atoms with van der Waals surface area (Å²) in [4.78, 5) is 8.96. The van der Waals surface area contributed by atoms with Gasteiger partial charge < -0.3 is 16.4 Å². The van der Waals surface area contributed by atoms with Gasteiger partial charge in [0.1, 0.15) is 17.5 Å². The summed E-state index contributed by atoms with van der Waals surface area (Å²) < 4.78 is 1.63. The molecule has 31 heavy (non-hydrogen) atoms. The number of aromatic nitrogens is 3. The van der Waals surface area contributed by atoms with Crippen LogP contribution < -0.4 is 16.4 Å². The number of nitrogen functional groups attached to an aromatic ring is 1. The van der Waals surface area contributed by atoms with E-state index in [1.54, 1.807) is 10.9 Å². The zero-order valence-electron chi connectivity index (χ0n) is 17.8. The van der Waals surface area contributed by atoms with E-state index < -0.39 is 0 Å². The van der Waals surface area contributed by atoms with Crippen molar-refractivity contribution in [2.45, 2.75) is 26.2 Å². The number of anilines is 1. The van der Waals surface area contributed by atoms with Crippen molar-refractivity contribution in [1.82, 2.24) is 25.4 Å². The van der Waals surface area contributed by atoms with Crippen LogP contribution in [0.15, 0.2) is 59.7 Å². The first-order valence-electron chi connectivity index (χ1n) is 10.5. The molecule has 1 aromatic carbocycles. The number of pyridine rings is 1. The van der Waals surface area contributed by atoms with E-state index in [0.29, 0.717) is 30.0 Å². The molecule has 0 aliphatic carbocycles. The molecule has 0 aliphatic rings. The lowest BCUT2D eigenvalue weighted by atomic mass is 10.1. The topological polar surface area (TPSA) is 117 Å². The number of rotatable bonds is 9. The van der Waals surface area contributed by atoms with E-state index >= 15 is 0 Å². The van der Waals surface area contributed by atoms with Crippen molar-refractivity contribution in [2.24, 2.45) is 4.99 Å². The molecule has 0 radical (unpaired) electrons. The van der Waals surface area contributed by atoms with Crippen molar-refractivity contribution in [3.8, 4) is 11.8 Å². The van der Waals surface area contributed by atoms with Crippen molar-refractivity contribution in [1.29, 1.82) is 5.26 Å². The predicted molar refractivity (Wildman–Crippen MR) is 123 cm³/mol. The number of hydrogen-bond acceptors (Lipinski definition) is 5. The van der Waals surface area contributed by atoms with Gasteiger partial charge in [0.2, 0.25) is 0 Å². The lowest BCUT2D eigenvalue weighted by molar-refractivity contribution is 0.753. The Labute approximate surface area is 182 Å². The van der Waals surface area contributed by atoms with Gasteiger partial charge in [-0.15, -0.1) is 0 Å². The van der Waals surface area contributed by atoms with Crippen molar-refractivity contribution >= 4 is 11.8 Å². The largest absolute Gasteiger partial charge is 0.382 e. The third-order valence-electron chi connectivity index (χ3n) is 4.69. The predicted octanol–water partition coefficient (Wildman–Crippen LogP) is 2.45. The van der Waals surface area contributed by atoms with Gasteiger partial charge in [0.15, 0.2) is 5.96 Å². The van der Waals surface area contributed by atoms with E-state index in [4.69, 9.17) is 5.73 Å². The Hall–Kier alpha value is -3.86. The first-order valence-corrected chi connectivity index (χ1v) is 10.5. The lowest BCUT2D eigenvalue weighted by Gasteiger charge is -2.11. The van der Waals surface area contributed by atoms with Crippen molar-refractivity contribution < 1.29 is 0 Å². The molecular formula is C23H28N8. The Kier molecular flexibility index (Phi) is 8.00. The Morgan fingerprint density at radius 3 is 2.65 bits per heavy atom. The van der Waals surface area contributed by atoms with E-state index in [2.05, 4.69) is 31.8 Å². The van der Waals surface area contributed by atoms with Gasteiger partial charge in [-0.1, -0.05) is 24.3 Å². The molecule has 8 heteroatoms. The minimum absolute atomic E-state index is 0.372. The number of hydrogen-bond donors (Lipinski definition) is 3. The van der Waals surface area contributed by atoms with Crippen LogP contribution in [0.5, 0.6) is 0 Å². The van der Waals surface area contributed by atoms with E-state index in [9.17, 15) is 5.26 Å². The summed E-state index contributed by atoms with van der Waals surface area (Å²) in [5.74, 6) is 1.14. The minimum Gasteiger partial charge on any atom is -0.382 e. The highest BCUT2D eigenvalue weighted by Gasteiger charge is 2.16. The highest BCUT2D eigenvalue weighted by atomic mass is 15.3. The highest BCUT2D eigenvalue weighted by Crippen LogP contribution is 2.21. The molecule has 3 aromatic rings. The zero-order chi connectivity index (χ0) is 21.9. The minimum atomic E-state index is 0.372. The second kappa shape index (κ2) is 11.4. The SMILES string of the molecule is CCNC(=NCCCc1nn(-c2ccccc2)c(N)c1C#N)NCCc1ccccn1. The summed E-state index contributed by atoms with van der Waals surface area (Å²) in [7, 11) is 0. The summed E-state index contributed by atoms with van der Waals surface area (Å²) in [6, 6.07) is 17.7. The number of nitrogens with two attached hydrogens (primary N) is 1. The molecule has 3 rings (SSSR count). The van der Waals surface area contributed by atoms with Crippen LogP contribution in [0.3, 0.4) is 0 Å². The summed E-state index contributed by atoms with van der Waals surface area (Å²) in [5, 5.41) is 20.7. The number of nitrogens with zero attached hydrogens (tertiary/aromatic N) is 5. The van der Waals surface area contributed by atoms with Gasteiger partial charge in [-0.2, -0.15) is 10.4 Å². The molecule has 0 fully saturated rings. The molecular weight excluding hydrogens is 388 g/mol. The van der Waals surface area contributed by atoms with Crippen molar-refractivity contribution in [2.75, 3.05) is 25.4 Å². The molecule has 160 valence electrons. The summed E-state index contributed by atoms with van der Waals surface area (Å²) in [6.45, 7) is 4.18. The third-order valence-corrected chi connectivity index (χ3v) is 4.69. The maximum atomic E-state index is 9.53. The standard InChI is InChI=1S/C23H28N8/c1-2-26-23(29-16-13-18-9-6-7-14-27-18)28-15-8-12-21-20(17-24)22(25)31(30-21)19-10-4-3-5-11-19/h3-7,9-11,14H,2,8,12-13,15-16,25H2,1H3,(H2,26,28,29). The number of para-hydroxylation sites is 1. The smallest absolute Gasteiger partial charge is 0.191 e. The molecule has 0 saturated carbocycles. The number of benzene rings is 1. The number of guanidine groups is 1. The maximum Gasteiger partial charge on any atom is 0.191 e. The van der Waals surface area contributed by atoms with Crippen LogP contribution in [-0.4, -0.2) is 40.4 Å². The molecule has 0 aliphatic heterocycles. The Morgan fingerprint density at radius 2 is 1.94 bits per heavy atom. The van der Waals surface area contributed by atoms with E-state index in [1.165, 1.54) is 0 Å². The van der Waals surface area contributed by atoms with Crippen LogP contribution in [0.25, 0.3) is 5.69 Å². The highest BCUT2D eigenvalue weighted by molar-refractivity contribution is 5.79. The molecule has 0 bridgehead atoms. The van der Waals surface area contributed by atoms with Crippen LogP contribution in [0.4, 0.5) is 5.82 Å². The molecule has 2 aromatic heterocycles. The lowest BCUT2D eigenvalue weighted by Crippen LogP contribution is -2.38. The summed E-state index contributed by atoms with van der Waals surface area (Å²) in [6.07, 6.45) is 4.02. The average molecular weight is 417 g/mol. The van der Waals surface area contributed by atoms with Gasteiger partial charge in [-0.05, 0) is 44.0 Å². The number of aliphatic imine (C=N–C) groups is 1. The molecule has 2 heterocycles. The zero-order valence-corrected chi connectivity index (χ0v) is 17.8. The fourth-order valence-electron chi connectivity index (χ4n) is 3.18. The Bertz CT molecular complexity index is 1020.